The number of ether oxygens (including phenoxy) is 2. The molecule has 0 aliphatic rings. The molecule has 2 aromatic rings. The number of imide groups is 1. The minimum atomic E-state index is -2.98. The molecule has 0 radical (unpaired) electrons. The molecule has 0 saturated carbocycles. The molecule has 8 heteroatoms. The van der Waals surface area contributed by atoms with Crippen LogP contribution in [-0.2, 0) is 14.3 Å². The number of benzene rings is 2. The second kappa shape index (κ2) is 11.0. The number of rotatable bonds is 9. The van der Waals surface area contributed by atoms with E-state index in [9.17, 15) is 23.2 Å². The lowest BCUT2D eigenvalue weighted by Gasteiger charge is -2.21. The summed E-state index contributed by atoms with van der Waals surface area (Å²) in [4.78, 5) is 36.7. The zero-order valence-electron chi connectivity index (χ0n) is 16.6. The highest BCUT2D eigenvalue weighted by atomic mass is 19.3. The van der Waals surface area contributed by atoms with E-state index in [4.69, 9.17) is 4.74 Å². The number of amides is 2. The smallest absolute Gasteiger partial charge is 0.387 e. The summed E-state index contributed by atoms with van der Waals surface area (Å²) in [6.45, 7) is 0.286. The maximum atomic E-state index is 12.6. The summed E-state index contributed by atoms with van der Waals surface area (Å²) >= 11 is 0. The summed E-state index contributed by atoms with van der Waals surface area (Å²) < 4.78 is 33.6. The molecule has 6 nitrogen and oxygen atoms in total. The Hall–Kier alpha value is -3.29. The maximum Gasteiger partial charge on any atom is 0.387 e. The molecule has 0 aliphatic heterocycles. The fourth-order valence-electron chi connectivity index (χ4n) is 2.84. The Morgan fingerprint density at radius 2 is 1.63 bits per heavy atom. The first kappa shape index (κ1) is 23.0. The molecule has 0 saturated heterocycles. The maximum absolute atomic E-state index is 12.6. The second-order valence-electron chi connectivity index (χ2n) is 6.66. The van der Waals surface area contributed by atoms with Crippen LogP contribution in [0.1, 0.15) is 42.1 Å². The van der Waals surface area contributed by atoms with Crippen molar-refractivity contribution in [2.45, 2.75) is 32.8 Å². The number of nitrogens with one attached hydrogen (secondary N) is 1. The summed E-state index contributed by atoms with van der Waals surface area (Å²) in [5.41, 5.74) is 0.859. The molecule has 30 heavy (non-hydrogen) atoms. The molecule has 0 aliphatic carbocycles. The molecule has 0 fully saturated rings. The van der Waals surface area contributed by atoms with Crippen LogP contribution in [0.2, 0.25) is 0 Å². The number of alkyl halides is 2. The Morgan fingerprint density at radius 1 is 1.00 bits per heavy atom. The van der Waals surface area contributed by atoms with E-state index in [-0.39, 0.29) is 17.2 Å². The summed E-state index contributed by atoms with van der Waals surface area (Å²) in [5, 5.41) is 2.09. The molecule has 0 aromatic heterocycles. The highest BCUT2D eigenvalue weighted by molar-refractivity contribution is 6.05. The fourth-order valence-corrected chi connectivity index (χ4v) is 2.84. The van der Waals surface area contributed by atoms with E-state index in [1.807, 2.05) is 44.2 Å². The Bertz CT molecular complexity index is 856. The van der Waals surface area contributed by atoms with E-state index < -0.39 is 36.9 Å². The molecular weight excluding hydrogens is 396 g/mol. The number of carbonyl (C=O) groups excluding carboxylic acids is 3. The van der Waals surface area contributed by atoms with E-state index in [2.05, 4.69) is 10.1 Å². The monoisotopic (exact) mass is 419 g/mol. The Kier molecular flexibility index (Phi) is 8.46. The van der Waals surface area contributed by atoms with Crippen molar-refractivity contribution in [3.8, 4) is 5.75 Å². The van der Waals surface area contributed by atoms with Crippen LogP contribution in [0.4, 0.5) is 8.78 Å². The SMILES string of the molecule is CC[C@H](C)[C@H](C(=O)OCC(=O)NC(=O)c1ccc(OC(F)F)cc1)c1ccccc1. The Labute approximate surface area is 173 Å². The van der Waals surface area contributed by atoms with Gasteiger partial charge in [-0.3, -0.25) is 19.7 Å². The van der Waals surface area contributed by atoms with Crippen molar-refractivity contribution < 1.29 is 32.6 Å². The lowest BCUT2D eigenvalue weighted by Crippen LogP contribution is -2.35. The quantitative estimate of drug-likeness (QED) is 0.623. The average molecular weight is 419 g/mol. The van der Waals surface area contributed by atoms with Gasteiger partial charge in [-0.15, -0.1) is 0 Å². The first-order valence-electron chi connectivity index (χ1n) is 9.42. The average Bonchev–Trinajstić information content (AvgIpc) is 2.73. The third kappa shape index (κ3) is 6.65. The van der Waals surface area contributed by atoms with Crippen LogP contribution in [0.15, 0.2) is 54.6 Å². The summed E-state index contributed by atoms with van der Waals surface area (Å²) in [7, 11) is 0. The number of hydrogen-bond donors (Lipinski definition) is 1. The fraction of sp³-hybridized carbons (Fsp3) is 0.318. The van der Waals surface area contributed by atoms with Gasteiger partial charge < -0.3 is 9.47 Å². The van der Waals surface area contributed by atoms with Gasteiger partial charge in [0.05, 0.1) is 5.92 Å². The van der Waals surface area contributed by atoms with Gasteiger partial charge in [-0.25, -0.2) is 0 Å². The van der Waals surface area contributed by atoms with Crippen molar-refractivity contribution in [2.24, 2.45) is 5.92 Å². The zero-order valence-corrected chi connectivity index (χ0v) is 16.6. The molecule has 2 rings (SSSR count). The first-order chi connectivity index (χ1) is 14.3. The predicted molar refractivity (Wildman–Crippen MR) is 105 cm³/mol. The molecule has 2 amide bonds. The highest BCUT2D eigenvalue weighted by Crippen LogP contribution is 2.28. The van der Waals surface area contributed by atoms with Gasteiger partial charge in [-0.05, 0) is 35.7 Å². The highest BCUT2D eigenvalue weighted by Gasteiger charge is 2.28. The lowest BCUT2D eigenvalue weighted by molar-refractivity contribution is -0.151. The van der Waals surface area contributed by atoms with Crippen LogP contribution in [0, 0.1) is 5.92 Å². The van der Waals surface area contributed by atoms with E-state index in [1.165, 1.54) is 24.3 Å². The number of carbonyl (C=O) groups is 3. The lowest BCUT2D eigenvalue weighted by atomic mass is 9.86. The van der Waals surface area contributed by atoms with Gasteiger partial charge in [-0.1, -0.05) is 50.6 Å². The molecular formula is C22H23F2NO5. The van der Waals surface area contributed by atoms with Crippen LogP contribution in [0.3, 0.4) is 0 Å². The first-order valence-corrected chi connectivity index (χ1v) is 9.42. The van der Waals surface area contributed by atoms with Gasteiger partial charge in [0, 0.05) is 5.56 Å². The normalized spacial score (nSPS) is 12.7. The van der Waals surface area contributed by atoms with Gasteiger partial charge in [0.1, 0.15) is 5.75 Å². The molecule has 160 valence electrons. The van der Waals surface area contributed by atoms with Gasteiger partial charge >= 0.3 is 12.6 Å². The van der Waals surface area contributed by atoms with Crippen LogP contribution < -0.4 is 10.1 Å². The van der Waals surface area contributed by atoms with Crippen molar-refractivity contribution in [1.82, 2.24) is 5.32 Å². The van der Waals surface area contributed by atoms with Crippen molar-refractivity contribution in [1.29, 1.82) is 0 Å². The minimum Gasteiger partial charge on any atom is -0.455 e. The van der Waals surface area contributed by atoms with Crippen molar-refractivity contribution in [3.63, 3.8) is 0 Å². The molecule has 0 unspecified atom stereocenters. The topological polar surface area (TPSA) is 81.7 Å². The molecule has 0 spiro atoms. The van der Waals surface area contributed by atoms with E-state index in [0.29, 0.717) is 0 Å². The molecule has 0 bridgehead atoms. The Balaban J connectivity index is 1.92. The van der Waals surface area contributed by atoms with Gasteiger partial charge in [-0.2, -0.15) is 8.78 Å². The number of halogens is 2. The van der Waals surface area contributed by atoms with Gasteiger partial charge in [0.15, 0.2) is 6.61 Å². The van der Waals surface area contributed by atoms with Crippen LogP contribution in [-0.4, -0.2) is 31.0 Å². The molecule has 0 heterocycles. The largest absolute Gasteiger partial charge is 0.455 e. The summed E-state index contributed by atoms with van der Waals surface area (Å²) in [5.74, 6) is -2.73. The molecule has 2 atom stereocenters. The van der Waals surface area contributed by atoms with E-state index in [0.717, 1.165) is 12.0 Å². The zero-order chi connectivity index (χ0) is 22.1. The third-order valence-electron chi connectivity index (χ3n) is 4.57. The Morgan fingerprint density at radius 3 is 2.20 bits per heavy atom. The van der Waals surface area contributed by atoms with Gasteiger partial charge in [0.2, 0.25) is 0 Å². The molecule has 2 aromatic carbocycles. The van der Waals surface area contributed by atoms with Gasteiger partial charge in [0.25, 0.3) is 11.8 Å². The standard InChI is InChI=1S/C22H23F2NO5/c1-3-14(2)19(15-7-5-4-6-8-15)21(28)29-13-18(26)25-20(27)16-9-11-17(12-10-16)30-22(23)24/h4-12,14,19,22H,3,13H2,1-2H3,(H,25,26,27)/t14-,19-/m0/s1. The van der Waals surface area contributed by atoms with E-state index in [1.54, 1.807) is 0 Å². The van der Waals surface area contributed by atoms with Crippen molar-refractivity contribution in [2.75, 3.05) is 6.61 Å². The van der Waals surface area contributed by atoms with Crippen LogP contribution >= 0.6 is 0 Å². The summed E-state index contributed by atoms with van der Waals surface area (Å²) in [6, 6.07) is 14.0. The number of hydrogen-bond acceptors (Lipinski definition) is 5. The third-order valence-corrected chi connectivity index (χ3v) is 4.57. The number of esters is 1. The molecule has 1 N–H and O–H groups in total. The van der Waals surface area contributed by atoms with Crippen molar-refractivity contribution >= 4 is 17.8 Å². The minimum absolute atomic E-state index is 0.00133. The second-order valence-corrected chi connectivity index (χ2v) is 6.66. The predicted octanol–water partition coefficient (Wildman–Crippen LogP) is 3.92. The van der Waals surface area contributed by atoms with Crippen LogP contribution in [0.25, 0.3) is 0 Å². The summed E-state index contributed by atoms with van der Waals surface area (Å²) in [6.07, 6.45) is 0.741. The van der Waals surface area contributed by atoms with E-state index >= 15 is 0 Å². The van der Waals surface area contributed by atoms with Crippen LogP contribution in [0.5, 0.6) is 5.75 Å². The van der Waals surface area contributed by atoms with Crippen molar-refractivity contribution in [3.05, 3.63) is 65.7 Å².